The molecule has 1 atom stereocenters. The molecular weight excluding hydrogens is 202 g/mol. The lowest BCUT2D eigenvalue weighted by Gasteiger charge is -2.11. The molecule has 0 radical (unpaired) electrons. The van der Waals surface area contributed by atoms with Crippen LogP contribution in [-0.2, 0) is 14.4 Å². The second kappa shape index (κ2) is 4.77. The molecule has 0 aliphatic heterocycles. The summed E-state index contributed by atoms with van der Waals surface area (Å²) in [6.07, 6.45) is 1.68. The highest BCUT2D eigenvalue weighted by Gasteiger charge is 2.28. The Hall–Kier alpha value is -1.59. The topological polar surface area (TPSA) is 104 Å². The van der Waals surface area contributed by atoms with Crippen molar-refractivity contribution in [1.82, 2.24) is 5.32 Å². The van der Waals surface area contributed by atoms with E-state index in [2.05, 4.69) is 5.32 Å². The van der Waals surface area contributed by atoms with Gasteiger partial charge in [0.25, 0.3) is 0 Å². The quantitative estimate of drug-likeness (QED) is 0.570. The molecule has 3 N–H and O–H groups in total. The van der Waals surface area contributed by atoms with Crippen molar-refractivity contribution in [2.75, 3.05) is 0 Å². The summed E-state index contributed by atoms with van der Waals surface area (Å²) < 4.78 is 0. The summed E-state index contributed by atoms with van der Waals surface area (Å²) in [4.78, 5) is 32.1. The molecule has 84 valence electrons. The van der Waals surface area contributed by atoms with E-state index in [-0.39, 0.29) is 5.91 Å². The van der Waals surface area contributed by atoms with Gasteiger partial charge in [-0.05, 0) is 18.8 Å². The van der Waals surface area contributed by atoms with E-state index in [9.17, 15) is 14.4 Å². The molecular formula is C9H13NO5. The van der Waals surface area contributed by atoms with E-state index in [4.69, 9.17) is 10.2 Å². The zero-order chi connectivity index (χ0) is 11.4. The molecule has 0 saturated heterocycles. The summed E-state index contributed by atoms with van der Waals surface area (Å²) in [7, 11) is 0. The van der Waals surface area contributed by atoms with Crippen molar-refractivity contribution >= 4 is 17.8 Å². The van der Waals surface area contributed by atoms with Crippen LogP contribution in [0.2, 0.25) is 0 Å². The predicted octanol–water partition coefficient (Wildman–Crippen LogP) is -0.169. The number of aliphatic carboxylic acids is 2. The number of hydrogen-bond acceptors (Lipinski definition) is 3. The van der Waals surface area contributed by atoms with Crippen LogP contribution in [0.5, 0.6) is 0 Å². The highest BCUT2D eigenvalue weighted by atomic mass is 16.4. The number of carboxylic acids is 2. The molecule has 1 aliphatic carbocycles. The first-order valence-electron chi connectivity index (χ1n) is 4.73. The Kier molecular flexibility index (Phi) is 3.65. The molecule has 0 heterocycles. The van der Waals surface area contributed by atoms with Gasteiger partial charge in [-0.15, -0.1) is 0 Å². The molecule has 1 amide bonds. The van der Waals surface area contributed by atoms with Gasteiger partial charge in [0.2, 0.25) is 5.91 Å². The van der Waals surface area contributed by atoms with Gasteiger partial charge in [-0.3, -0.25) is 9.59 Å². The number of nitrogens with one attached hydrogen (secondary N) is 1. The lowest BCUT2D eigenvalue weighted by Crippen LogP contribution is -2.42. The van der Waals surface area contributed by atoms with Gasteiger partial charge in [-0.25, -0.2) is 4.79 Å². The van der Waals surface area contributed by atoms with Gasteiger partial charge >= 0.3 is 11.9 Å². The van der Waals surface area contributed by atoms with Gasteiger partial charge in [0, 0.05) is 6.42 Å². The SMILES string of the molecule is O=C(O)CC(NC(=O)CC1CC1)C(=O)O. The summed E-state index contributed by atoms with van der Waals surface area (Å²) >= 11 is 0. The highest BCUT2D eigenvalue weighted by molar-refractivity contribution is 5.86. The Balaban J connectivity index is 2.38. The molecule has 15 heavy (non-hydrogen) atoms. The second-order valence-electron chi connectivity index (χ2n) is 3.70. The fraction of sp³-hybridized carbons (Fsp3) is 0.667. The van der Waals surface area contributed by atoms with Gasteiger partial charge < -0.3 is 15.5 Å². The number of carboxylic acid groups (broad SMARTS) is 2. The van der Waals surface area contributed by atoms with Crippen LogP contribution in [0.1, 0.15) is 25.7 Å². The molecule has 1 aliphatic rings. The van der Waals surface area contributed by atoms with Gasteiger partial charge in [-0.2, -0.15) is 0 Å². The maximum absolute atomic E-state index is 11.2. The van der Waals surface area contributed by atoms with Gasteiger partial charge in [0.1, 0.15) is 6.04 Å². The van der Waals surface area contributed by atoms with Crippen LogP contribution >= 0.6 is 0 Å². The Morgan fingerprint density at radius 1 is 1.27 bits per heavy atom. The molecule has 1 rings (SSSR count). The van der Waals surface area contributed by atoms with Crippen molar-refractivity contribution in [2.24, 2.45) is 5.92 Å². The average molecular weight is 215 g/mol. The number of carbonyl (C=O) groups excluding carboxylic acids is 1. The second-order valence-corrected chi connectivity index (χ2v) is 3.70. The maximum Gasteiger partial charge on any atom is 0.326 e. The Labute approximate surface area is 86.3 Å². The Morgan fingerprint density at radius 3 is 2.27 bits per heavy atom. The van der Waals surface area contributed by atoms with Crippen molar-refractivity contribution < 1.29 is 24.6 Å². The van der Waals surface area contributed by atoms with E-state index < -0.39 is 24.4 Å². The summed E-state index contributed by atoms with van der Waals surface area (Å²) in [6.45, 7) is 0. The summed E-state index contributed by atoms with van der Waals surface area (Å²) in [6, 6.07) is -1.33. The van der Waals surface area contributed by atoms with Crippen LogP contribution in [0.3, 0.4) is 0 Å². The summed E-state index contributed by atoms with van der Waals surface area (Å²) in [5.74, 6) is -2.59. The van der Waals surface area contributed by atoms with Crippen LogP contribution < -0.4 is 5.32 Å². The van der Waals surface area contributed by atoms with Crippen LogP contribution in [0.15, 0.2) is 0 Å². The van der Waals surface area contributed by atoms with Crippen molar-refractivity contribution in [2.45, 2.75) is 31.7 Å². The molecule has 0 spiro atoms. The molecule has 0 aromatic rings. The third-order valence-electron chi connectivity index (χ3n) is 2.18. The minimum absolute atomic E-state index is 0.295. The molecule has 1 fully saturated rings. The van der Waals surface area contributed by atoms with E-state index >= 15 is 0 Å². The van der Waals surface area contributed by atoms with Gasteiger partial charge in [0.15, 0.2) is 0 Å². The molecule has 1 saturated carbocycles. The van der Waals surface area contributed by atoms with Gasteiger partial charge in [-0.1, -0.05) is 0 Å². The Morgan fingerprint density at radius 2 is 1.87 bits per heavy atom. The number of amides is 1. The van der Waals surface area contributed by atoms with Crippen molar-refractivity contribution in [3.05, 3.63) is 0 Å². The van der Waals surface area contributed by atoms with E-state index in [1.165, 1.54) is 0 Å². The largest absolute Gasteiger partial charge is 0.481 e. The van der Waals surface area contributed by atoms with E-state index in [1.807, 2.05) is 0 Å². The minimum atomic E-state index is -1.33. The van der Waals surface area contributed by atoms with Crippen LogP contribution in [0, 0.1) is 5.92 Å². The van der Waals surface area contributed by atoms with Gasteiger partial charge in [0.05, 0.1) is 6.42 Å². The van der Waals surface area contributed by atoms with E-state index in [0.29, 0.717) is 12.3 Å². The molecule has 6 nitrogen and oxygen atoms in total. The first-order valence-corrected chi connectivity index (χ1v) is 4.73. The fourth-order valence-electron chi connectivity index (χ4n) is 1.21. The number of carbonyl (C=O) groups is 3. The summed E-state index contributed by atoms with van der Waals surface area (Å²) in [5.41, 5.74) is 0. The zero-order valence-electron chi connectivity index (χ0n) is 8.10. The molecule has 6 heteroatoms. The monoisotopic (exact) mass is 215 g/mol. The maximum atomic E-state index is 11.2. The average Bonchev–Trinajstić information content (AvgIpc) is 2.85. The number of hydrogen-bond donors (Lipinski definition) is 3. The van der Waals surface area contributed by atoms with Crippen molar-refractivity contribution in [3.8, 4) is 0 Å². The lowest BCUT2D eigenvalue weighted by molar-refractivity contribution is -0.147. The standard InChI is InChI=1S/C9H13NO5/c11-7(3-5-1-2-5)10-6(9(14)15)4-8(12)13/h5-6H,1-4H2,(H,10,11)(H,12,13)(H,14,15). The smallest absolute Gasteiger partial charge is 0.326 e. The molecule has 0 aromatic carbocycles. The Bertz CT molecular complexity index is 284. The number of rotatable bonds is 6. The summed E-state index contributed by atoms with van der Waals surface area (Å²) in [5, 5.41) is 19.3. The van der Waals surface area contributed by atoms with Crippen LogP contribution in [-0.4, -0.2) is 34.1 Å². The van der Waals surface area contributed by atoms with E-state index in [1.54, 1.807) is 0 Å². The zero-order valence-corrected chi connectivity index (χ0v) is 8.10. The van der Waals surface area contributed by atoms with Crippen molar-refractivity contribution in [3.63, 3.8) is 0 Å². The first-order chi connectivity index (χ1) is 6.99. The van der Waals surface area contributed by atoms with Crippen molar-refractivity contribution in [1.29, 1.82) is 0 Å². The molecule has 0 bridgehead atoms. The van der Waals surface area contributed by atoms with E-state index in [0.717, 1.165) is 12.8 Å². The third-order valence-corrected chi connectivity index (χ3v) is 2.18. The lowest BCUT2D eigenvalue weighted by atomic mass is 10.2. The predicted molar refractivity (Wildman–Crippen MR) is 49.2 cm³/mol. The molecule has 1 unspecified atom stereocenters. The van der Waals surface area contributed by atoms with Crippen LogP contribution in [0.4, 0.5) is 0 Å². The third kappa shape index (κ3) is 4.44. The normalized spacial score (nSPS) is 16.8. The van der Waals surface area contributed by atoms with Crippen LogP contribution in [0.25, 0.3) is 0 Å². The first kappa shape index (κ1) is 11.5. The molecule has 0 aromatic heterocycles. The highest BCUT2D eigenvalue weighted by Crippen LogP contribution is 2.32. The fourth-order valence-corrected chi connectivity index (χ4v) is 1.21. The minimum Gasteiger partial charge on any atom is -0.481 e.